The zero-order valence-corrected chi connectivity index (χ0v) is 13.9. The highest BCUT2D eigenvalue weighted by molar-refractivity contribution is 7.18. The Morgan fingerprint density at radius 1 is 1.21 bits per heavy atom. The zero-order chi connectivity index (χ0) is 16.5. The van der Waals surface area contributed by atoms with Gasteiger partial charge in [0.05, 0.1) is 16.3 Å². The Bertz CT molecular complexity index is 860. The predicted octanol–water partition coefficient (Wildman–Crippen LogP) is 3.30. The maximum Gasteiger partial charge on any atom is 0.320 e. The second-order valence-corrected chi connectivity index (χ2v) is 7.00. The fourth-order valence-corrected chi connectivity index (χ4v) is 4.32. The quantitative estimate of drug-likeness (QED) is 0.532. The highest BCUT2D eigenvalue weighted by Gasteiger charge is 2.33. The molecule has 0 unspecified atom stereocenters. The van der Waals surface area contributed by atoms with Gasteiger partial charge in [-0.25, -0.2) is 4.98 Å². The van der Waals surface area contributed by atoms with Crippen molar-refractivity contribution in [2.24, 2.45) is 0 Å². The third-order valence-electron chi connectivity index (χ3n) is 4.40. The average molecular weight is 339 g/mol. The lowest BCUT2D eigenvalue weighted by Gasteiger charge is -2.33. The summed E-state index contributed by atoms with van der Waals surface area (Å²) in [4.78, 5) is 19.4. The Balaban J connectivity index is 1.70. The molecule has 5 nitrogen and oxygen atoms in total. The van der Waals surface area contributed by atoms with E-state index in [0.29, 0.717) is 11.3 Å². The van der Waals surface area contributed by atoms with Crippen LogP contribution in [0.2, 0.25) is 0 Å². The topological polar surface area (TPSA) is 60.1 Å². The number of hydrogen-bond acceptors (Lipinski definition) is 4. The van der Waals surface area contributed by atoms with Crippen LogP contribution >= 0.6 is 11.3 Å². The summed E-state index contributed by atoms with van der Waals surface area (Å²) in [6.45, 7) is 0.661. The molecule has 0 saturated carbocycles. The second kappa shape index (κ2) is 6.20. The molecule has 2 aromatic heterocycles. The largest absolute Gasteiger partial charge is 0.618 e. The van der Waals surface area contributed by atoms with E-state index in [9.17, 15) is 10.0 Å². The number of para-hydroxylation sites is 1. The van der Waals surface area contributed by atoms with Gasteiger partial charge in [0.15, 0.2) is 6.20 Å². The maximum atomic E-state index is 12.9. The van der Waals surface area contributed by atoms with Crippen LogP contribution in [0.1, 0.15) is 40.8 Å². The predicted molar refractivity (Wildman–Crippen MR) is 92.7 cm³/mol. The molecule has 3 aromatic rings. The van der Waals surface area contributed by atoms with Crippen LogP contribution in [0.25, 0.3) is 10.2 Å². The zero-order valence-electron chi connectivity index (χ0n) is 13.1. The van der Waals surface area contributed by atoms with Crippen LogP contribution in [-0.4, -0.2) is 22.3 Å². The first-order valence-corrected chi connectivity index (χ1v) is 8.90. The summed E-state index contributed by atoms with van der Waals surface area (Å²) < 4.78 is 1.77. The molecule has 1 atom stereocenters. The number of piperidine rings is 1. The van der Waals surface area contributed by atoms with Crippen molar-refractivity contribution >= 4 is 27.5 Å². The van der Waals surface area contributed by atoms with E-state index in [4.69, 9.17) is 4.98 Å². The van der Waals surface area contributed by atoms with Crippen molar-refractivity contribution in [3.8, 4) is 0 Å². The van der Waals surface area contributed by atoms with E-state index in [1.54, 1.807) is 29.5 Å². The maximum absolute atomic E-state index is 12.9. The molecular formula is C18H17N3O2S. The monoisotopic (exact) mass is 339 g/mol. The molecule has 0 radical (unpaired) electrons. The van der Waals surface area contributed by atoms with E-state index in [1.807, 2.05) is 29.2 Å². The Morgan fingerprint density at radius 3 is 2.88 bits per heavy atom. The number of pyridine rings is 1. The van der Waals surface area contributed by atoms with Crippen LogP contribution < -0.4 is 4.73 Å². The molecule has 4 rings (SSSR count). The van der Waals surface area contributed by atoms with E-state index in [0.717, 1.165) is 34.5 Å². The number of fused-ring (bicyclic) bond motifs is 1. The van der Waals surface area contributed by atoms with Crippen LogP contribution in [0.4, 0.5) is 0 Å². The van der Waals surface area contributed by atoms with Gasteiger partial charge in [0, 0.05) is 18.7 Å². The van der Waals surface area contributed by atoms with E-state index in [2.05, 4.69) is 0 Å². The van der Waals surface area contributed by atoms with Gasteiger partial charge in [-0.1, -0.05) is 12.1 Å². The van der Waals surface area contributed by atoms with Crippen molar-refractivity contribution in [2.45, 2.75) is 25.3 Å². The van der Waals surface area contributed by atoms with Crippen LogP contribution in [0, 0.1) is 5.21 Å². The molecule has 0 aliphatic carbocycles. The number of hydrogen-bond donors (Lipinski definition) is 0. The number of amides is 1. The summed E-state index contributed by atoms with van der Waals surface area (Å²) in [5, 5.41) is 12.9. The van der Waals surface area contributed by atoms with E-state index >= 15 is 0 Å². The first-order valence-electron chi connectivity index (χ1n) is 8.08. The van der Waals surface area contributed by atoms with Crippen molar-refractivity contribution in [2.75, 3.05) is 6.54 Å². The van der Waals surface area contributed by atoms with Crippen molar-refractivity contribution < 1.29 is 9.52 Å². The van der Waals surface area contributed by atoms with Crippen molar-refractivity contribution in [1.29, 1.82) is 0 Å². The summed E-state index contributed by atoms with van der Waals surface area (Å²) >= 11 is 1.63. The first kappa shape index (κ1) is 15.1. The van der Waals surface area contributed by atoms with Gasteiger partial charge in [0.2, 0.25) is 0 Å². The molecule has 1 saturated heterocycles. The molecule has 1 amide bonds. The van der Waals surface area contributed by atoms with Crippen molar-refractivity contribution in [3.05, 3.63) is 64.6 Å². The van der Waals surface area contributed by atoms with Crippen LogP contribution in [0.15, 0.2) is 48.7 Å². The molecule has 6 heteroatoms. The van der Waals surface area contributed by atoms with Crippen LogP contribution in [0.3, 0.4) is 0 Å². The first-order chi connectivity index (χ1) is 11.7. The Hall–Kier alpha value is -2.47. The number of carbonyl (C=O) groups is 1. The summed E-state index contributed by atoms with van der Waals surface area (Å²) in [5.41, 5.74) is 1.14. The molecule has 1 aliphatic rings. The fourth-order valence-electron chi connectivity index (χ4n) is 3.20. The highest BCUT2D eigenvalue weighted by atomic mass is 32.1. The minimum atomic E-state index is -0.213. The van der Waals surface area contributed by atoms with Crippen LogP contribution in [0.5, 0.6) is 0 Å². The summed E-state index contributed by atoms with van der Waals surface area (Å²) in [6.07, 6.45) is 4.27. The van der Waals surface area contributed by atoms with E-state index < -0.39 is 0 Å². The molecule has 1 fully saturated rings. The van der Waals surface area contributed by atoms with Gasteiger partial charge < -0.3 is 10.1 Å². The number of benzene rings is 1. The molecular weight excluding hydrogens is 322 g/mol. The third-order valence-corrected chi connectivity index (χ3v) is 5.54. The standard InChI is InChI=1S/C18H17N3O2S/c22-18(15-9-4-6-12-21(15)23)20-11-5-3-8-14(20)17-19-13-7-1-2-10-16(13)24-17/h1-2,4,6-7,9-10,12,14H,3,5,8,11H2/t14-/m0/s1. The normalized spacial score (nSPS) is 18.0. The molecule has 0 spiro atoms. The second-order valence-electron chi connectivity index (χ2n) is 5.94. The summed E-state index contributed by atoms with van der Waals surface area (Å²) in [7, 11) is 0. The molecule has 24 heavy (non-hydrogen) atoms. The molecule has 3 heterocycles. The van der Waals surface area contributed by atoms with Crippen molar-refractivity contribution in [1.82, 2.24) is 9.88 Å². The average Bonchev–Trinajstić information content (AvgIpc) is 3.05. The minimum Gasteiger partial charge on any atom is -0.618 e. The highest BCUT2D eigenvalue weighted by Crippen LogP contribution is 2.36. The SMILES string of the molecule is O=C(c1cccc[n+]1[O-])N1CCCC[C@H]1c1nc2ccccc2s1. The van der Waals surface area contributed by atoms with Gasteiger partial charge in [-0.3, -0.25) is 4.79 Å². The van der Waals surface area contributed by atoms with Gasteiger partial charge in [-0.05, 0) is 37.5 Å². The summed E-state index contributed by atoms with van der Waals surface area (Å²) in [6, 6.07) is 12.9. The Labute approximate surface area is 143 Å². The van der Waals surface area contributed by atoms with Gasteiger partial charge in [0.1, 0.15) is 5.01 Å². The van der Waals surface area contributed by atoms with Crippen LogP contribution in [-0.2, 0) is 0 Å². The third kappa shape index (κ3) is 2.63. The fraction of sp³-hybridized carbons (Fsp3) is 0.278. The number of aromatic nitrogens is 2. The van der Waals surface area contributed by atoms with Gasteiger partial charge >= 0.3 is 5.91 Å². The Morgan fingerprint density at radius 2 is 2.04 bits per heavy atom. The number of likely N-dealkylation sites (tertiary alicyclic amines) is 1. The smallest absolute Gasteiger partial charge is 0.320 e. The van der Waals surface area contributed by atoms with E-state index in [-0.39, 0.29) is 17.6 Å². The van der Waals surface area contributed by atoms with Gasteiger partial charge in [-0.15, -0.1) is 11.3 Å². The molecule has 1 aromatic carbocycles. The Kier molecular flexibility index (Phi) is 3.90. The van der Waals surface area contributed by atoms with E-state index in [1.165, 1.54) is 6.20 Å². The molecule has 1 aliphatic heterocycles. The molecule has 122 valence electrons. The lowest BCUT2D eigenvalue weighted by molar-refractivity contribution is -0.608. The molecule has 0 N–H and O–H groups in total. The molecule has 0 bridgehead atoms. The van der Waals surface area contributed by atoms with Crippen molar-refractivity contribution in [3.63, 3.8) is 0 Å². The number of thiazole rings is 1. The number of nitrogens with zero attached hydrogens (tertiary/aromatic N) is 3. The summed E-state index contributed by atoms with van der Waals surface area (Å²) in [5.74, 6) is -0.213. The number of carbonyl (C=O) groups excluding carboxylic acids is 1. The lowest BCUT2D eigenvalue weighted by Crippen LogP contribution is -2.44. The minimum absolute atomic E-state index is 0.0520. The lowest BCUT2D eigenvalue weighted by atomic mass is 10.0. The van der Waals surface area contributed by atoms with Gasteiger partial charge in [0.25, 0.3) is 5.69 Å². The van der Waals surface area contributed by atoms with Gasteiger partial charge in [-0.2, -0.15) is 4.73 Å². The number of rotatable bonds is 2.